The quantitative estimate of drug-likeness (QED) is 0.885. The zero-order valence-corrected chi connectivity index (χ0v) is 14.0. The van der Waals surface area contributed by atoms with Crippen LogP contribution in [0, 0.1) is 5.82 Å². The lowest BCUT2D eigenvalue weighted by atomic mass is 10.1. The van der Waals surface area contributed by atoms with Gasteiger partial charge in [-0.25, -0.2) is 4.39 Å². The summed E-state index contributed by atoms with van der Waals surface area (Å²) in [5.41, 5.74) is 1.94. The lowest BCUT2D eigenvalue weighted by Crippen LogP contribution is -2.23. The van der Waals surface area contributed by atoms with Crippen LogP contribution in [0.15, 0.2) is 41.1 Å². The second-order valence-electron chi connectivity index (χ2n) is 5.24. The highest BCUT2D eigenvalue weighted by Gasteiger charge is 2.08. The Labute approximate surface area is 137 Å². The molecule has 0 aliphatic heterocycles. The summed E-state index contributed by atoms with van der Waals surface area (Å²) < 4.78 is 14.5. The minimum atomic E-state index is -0.236. The van der Waals surface area contributed by atoms with Gasteiger partial charge in [-0.1, -0.05) is 6.07 Å². The van der Waals surface area contributed by atoms with Crippen LogP contribution < -0.4 is 5.32 Å². The fraction of sp³-hybridized carbons (Fsp3) is 0.250. The molecule has 0 aliphatic carbocycles. The van der Waals surface area contributed by atoms with Gasteiger partial charge in [0, 0.05) is 35.5 Å². The SMILES string of the molecule is CN(C)Cc1cc(CNC(=O)c2cncc(Br)c2)ccc1F. The minimum absolute atomic E-state index is 0.215. The maximum Gasteiger partial charge on any atom is 0.253 e. The van der Waals surface area contributed by atoms with Crippen LogP contribution in [0.1, 0.15) is 21.5 Å². The molecule has 1 heterocycles. The van der Waals surface area contributed by atoms with Gasteiger partial charge in [-0.05, 0) is 53.8 Å². The molecule has 116 valence electrons. The van der Waals surface area contributed by atoms with Gasteiger partial charge in [0.1, 0.15) is 5.82 Å². The third kappa shape index (κ3) is 4.61. The molecule has 1 N–H and O–H groups in total. The number of halogens is 2. The highest BCUT2D eigenvalue weighted by molar-refractivity contribution is 9.10. The van der Waals surface area contributed by atoms with Gasteiger partial charge < -0.3 is 10.2 Å². The van der Waals surface area contributed by atoms with E-state index >= 15 is 0 Å². The average Bonchev–Trinajstić information content (AvgIpc) is 2.47. The van der Waals surface area contributed by atoms with Crippen LogP contribution in [-0.2, 0) is 13.1 Å². The number of rotatable bonds is 5. The van der Waals surface area contributed by atoms with Crippen molar-refractivity contribution in [3.8, 4) is 0 Å². The molecule has 0 saturated carbocycles. The molecule has 0 radical (unpaired) electrons. The van der Waals surface area contributed by atoms with E-state index < -0.39 is 0 Å². The molecule has 22 heavy (non-hydrogen) atoms. The molecule has 2 rings (SSSR count). The predicted molar refractivity (Wildman–Crippen MR) is 86.9 cm³/mol. The van der Waals surface area contributed by atoms with Crippen molar-refractivity contribution in [1.82, 2.24) is 15.2 Å². The molecular weight excluding hydrogens is 349 g/mol. The maximum absolute atomic E-state index is 13.7. The molecule has 4 nitrogen and oxygen atoms in total. The molecule has 0 saturated heterocycles. The van der Waals surface area contributed by atoms with Crippen molar-refractivity contribution in [1.29, 1.82) is 0 Å². The highest BCUT2D eigenvalue weighted by Crippen LogP contribution is 2.13. The van der Waals surface area contributed by atoms with E-state index in [1.165, 1.54) is 12.3 Å². The van der Waals surface area contributed by atoms with Crippen molar-refractivity contribution in [3.63, 3.8) is 0 Å². The zero-order valence-electron chi connectivity index (χ0n) is 12.4. The summed E-state index contributed by atoms with van der Waals surface area (Å²) in [6.45, 7) is 0.856. The Morgan fingerprint density at radius 2 is 2.09 bits per heavy atom. The Balaban J connectivity index is 2.03. The third-order valence-corrected chi connectivity index (χ3v) is 3.45. The Morgan fingerprint density at radius 1 is 1.32 bits per heavy atom. The third-order valence-electron chi connectivity index (χ3n) is 3.02. The summed E-state index contributed by atoms with van der Waals surface area (Å²) >= 11 is 3.28. The van der Waals surface area contributed by atoms with E-state index in [9.17, 15) is 9.18 Å². The van der Waals surface area contributed by atoms with E-state index in [4.69, 9.17) is 0 Å². The molecule has 1 amide bonds. The summed E-state index contributed by atoms with van der Waals surface area (Å²) in [4.78, 5) is 17.9. The van der Waals surface area contributed by atoms with Gasteiger partial charge in [0.15, 0.2) is 0 Å². The number of nitrogens with zero attached hydrogens (tertiary/aromatic N) is 2. The van der Waals surface area contributed by atoms with Gasteiger partial charge in [-0.2, -0.15) is 0 Å². The number of pyridine rings is 1. The first-order valence-electron chi connectivity index (χ1n) is 6.76. The highest BCUT2D eigenvalue weighted by atomic mass is 79.9. The largest absolute Gasteiger partial charge is 0.348 e. The maximum atomic E-state index is 13.7. The van der Waals surface area contributed by atoms with Gasteiger partial charge in [0.05, 0.1) is 5.56 Å². The molecule has 0 unspecified atom stereocenters. The molecule has 0 atom stereocenters. The van der Waals surface area contributed by atoms with Gasteiger partial charge in [-0.15, -0.1) is 0 Å². The van der Waals surface area contributed by atoms with Crippen LogP contribution in [0.2, 0.25) is 0 Å². The van der Waals surface area contributed by atoms with Crippen LogP contribution in [-0.4, -0.2) is 29.9 Å². The molecule has 1 aromatic heterocycles. The first kappa shape index (κ1) is 16.6. The molecule has 0 fully saturated rings. The van der Waals surface area contributed by atoms with Crippen molar-refractivity contribution in [2.75, 3.05) is 14.1 Å². The summed E-state index contributed by atoms with van der Waals surface area (Å²) in [5, 5.41) is 2.81. The van der Waals surface area contributed by atoms with Crippen LogP contribution in [0.3, 0.4) is 0 Å². The molecular formula is C16H17BrFN3O. The molecule has 0 spiro atoms. The number of carbonyl (C=O) groups is 1. The van der Waals surface area contributed by atoms with Crippen molar-refractivity contribution < 1.29 is 9.18 Å². The Kier molecular flexibility index (Phi) is 5.63. The second kappa shape index (κ2) is 7.47. The number of hydrogen-bond donors (Lipinski definition) is 1. The first-order chi connectivity index (χ1) is 10.5. The van der Waals surface area contributed by atoms with Gasteiger partial charge >= 0.3 is 0 Å². The monoisotopic (exact) mass is 365 g/mol. The Bertz CT molecular complexity index is 676. The van der Waals surface area contributed by atoms with E-state index in [1.54, 1.807) is 24.4 Å². The van der Waals surface area contributed by atoms with E-state index in [-0.39, 0.29) is 11.7 Å². The van der Waals surface area contributed by atoms with Gasteiger partial charge in [0.25, 0.3) is 5.91 Å². The first-order valence-corrected chi connectivity index (χ1v) is 7.56. The number of amides is 1. The Morgan fingerprint density at radius 3 is 2.77 bits per heavy atom. The summed E-state index contributed by atoms with van der Waals surface area (Å²) in [6, 6.07) is 6.58. The van der Waals surface area contributed by atoms with Crippen molar-refractivity contribution in [2.45, 2.75) is 13.1 Å². The smallest absolute Gasteiger partial charge is 0.253 e. The van der Waals surface area contributed by atoms with E-state index in [1.807, 2.05) is 19.0 Å². The molecule has 0 bridgehead atoms. The van der Waals surface area contributed by atoms with E-state index in [0.29, 0.717) is 24.2 Å². The zero-order chi connectivity index (χ0) is 16.1. The number of carbonyl (C=O) groups excluding carboxylic acids is 1. The Hall–Kier alpha value is -1.79. The van der Waals surface area contributed by atoms with Crippen molar-refractivity contribution in [2.24, 2.45) is 0 Å². The van der Waals surface area contributed by atoms with E-state index in [0.717, 1.165) is 10.0 Å². The van der Waals surface area contributed by atoms with Crippen molar-refractivity contribution >= 4 is 21.8 Å². The van der Waals surface area contributed by atoms with Gasteiger partial charge in [-0.3, -0.25) is 9.78 Å². The van der Waals surface area contributed by atoms with Crippen LogP contribution >= 0.6 is 15.9 Å². The van der Waals surface area contributed by atoms with Crippen LogP contribution in [0.5, 0.6) is 0 Å². The fourth-order valence-corrected chi connectivity index (χ4v) is 2.39. The van der Waals surface area contributed by atoms with E-state index in [2.05, 4.69) is 26.2 Å². The molecule has 0 aliphatic rings. The molecule has 6 heteroatoms. The van der Waals surface area contributed by atoms with Crippen LogP contribution in [0.4, 0.5) is 4.39 Å². The standard InChI is InChI=1S/C16H17BrFN3O/c1-21(2)10-13-5-11(3-4-15(13)18)7-20-16(22)12-6-14(17)9-19-8-12/h3-6,8-9H,7,10H2,1-2H3,(H,20,22). The summed E-state index contributed by atoms with van der Waals surface area (Å²) in [5.74, 6) is -0.452. The van der Waals surface area contributed by atoms with Crippen molar-refractivity contribution in [3.05, 3.63) is 63.6 Å². The normalized spacial score (nSPS) is 10.8. The fourth-order valence-electron chi connectivity index (χ4n) is 2.02. The lowest BCUT2D eigenvalue weighted by Gasteiger charge is -2.12. The minimum Gasteiger partial charge on any atom is -0.348 e. The van der Waals surface area contributed by atoms with Gasteiger partial charge in [0.2, 0.25) is 0 Å². The molecule has 1 aromatic carbocycles. The number of benzene rings is 1. The molecule has 2 aromatic rings. The predicted octanol–water partition coefficient (Wildman–Crippen LogP) is 2.97. The number of hydrogen-bond acceptors (Lipinski definition) is 3. The average molecular weight is 366 g/mol. The lowest BCUT2D eigenvalue weighted by molar-refractivity contribution is 0.0950. The number of aromatic nitrogens is 1. The summed E-state index contributed by atoms with van der Waals surface area (Å²) in [6.07, 6.45) is 3.12. The van der Waals surface area contributed by atoms with Crippen LogP contribution in [0.25, 0.3) is 0 Å². The summed E-state index contributed by atoms with van der Waals surface area (Å²) in [7, 11) is 3.77. The number of nitrogens with one attached hydrogen (secondary N) is 1. The topological polar surface area (TPSA) is 45.2 Å². The second-order valence-corrected chi connectivity index (χ2v) is 6.15.